The van der Waals surface area contributed by atoms with Crippen LogP contribution in [-0.4, -0.2) is 9.67 Å². The molecule has 0 unspecified atom stereocenters. The predicted molar refractivity (Wildman–Crippen MR) is 81.3 cm³/mol. The highest BCUT2D eigenvalue weighted by molar-refractivity contribution is 5.80. The van der Waals surface area contributed by atoms with E-state index in [9.17, 15) is 0 Å². The number of nitrogens with zero attached hydrogens (tertiary/aromatic N) is 1. The first-order valence-electron chi connectivity index (χ1n) is 6.76. The lowest BCUT2D eigenvalue weighted by Crippen LogP contribution is -2.00. The fourth-order valence-corrected chi connectivity index (χ4v) is 2.44. The first kappa shape index (κ1) is 12.9. The van der Waals surface area contributed by atoms with E-state index in [2.05, 4.69) is 47.2 Å². The van der Waals surface area contributed by atoms with Gasteiger partial charge in [-0.2, -0.15) is 0 Å². The molecule has 0 spiro atoms. The molecule has 1 aromatic heterocycles. The number of hydrogen-bond acceptors (Lipinski definition) is 2. The molecule has 20 heavy (non-hydrogen) atoms. The van der Waals surface area contributed by atoms with E-state index >= 15 is 0 Å². The van der Waals surface area contributed by atoms with E-state index < -0.39 is 0 Å². The molecule has 0 aliphatic heterocycles. The van der Waals surface area contributed by atoms with Gasteiger partial charge in [0.25, 0.3) is 0 Å². The number of benzene rings is 2. The van der Waals surface area contributed by atoms with Crippen molar-refractivity contribution in [3.05, 3.63) is 71.4 Å². The van der Waals surface area contributed by atoms with Crippen LogP contribution in [0.2, 0.25) is 0 Å². The smallest absolute Gasteiger partial charge is 0.0681 e. The van der Waals surface area contributed by atoms with Crippen LogP contribution in [0.25, 0.3) is 10.9 Å². The molecule has 1 heterocycles. The van der Waals surface area contributed by atoms with Crippen molar-refractivity contribution in [2.24, 2.45) is 5.73 Å². The van der Waals surface area contributed by atoms with Crippen LogP contribution in [-0.2, 0) is 19.7 Å². The monoisotopic (exact) mass is 266 g/mol. The second-order valence-electron chi connectivity index (χ2n) is 5.02. The fourth-order valence-electron chi connectivity index (χ4n) is 2.44. The predicted octanol–water partition coefficient (Wildman–Crippen LogP) is 2.64. The average molecular weight is 266 g/mol. The maximum absolute atomic E-state index is 9.07. The van der Waals surface area contributed by atoms with E-state index in [0.29, 0.717) is 6.54 Å². The lowest BCUT2D eigenvalue weighted by atomic mass is 10.1. The van der Waals surface area contributed by atoms with Gasteiger partial charge >= 0.3 is 0 Å². The van der Waals surface area contributed by atoms with Crippen molar-refractivity contribution < 1.29 is 5.11 Å². The molecular weight excluding hydrogens is 248 g/mol. The number of aromatic nitrogens is 1. The zero-order valence-electron chi connectivity index (χ0n) is 11.3. The SMILES string of the molecule is NCc1ccc2ccn(Cc3ccc(CO)cc3)c2c1. The highest BCUT2D eigenvalue weighted by Gasteiger charge is 2.03. The third-order valence-electron chi connectivity index (χ3n) is 3.63. The molecule has 0 aliphatic rings. The van der Waals surface area contributed by atoms with Crippen molar-refractivity contribution >= 4 is 10.9 Å². The van der Waals surface area contributed by atoms with E-state index in [1.807, 2.05) is 12.1 Å². The molecule has 3 nitrogen and oxygen atoms in total. The molecule has 3 heteroatoms. The molecule has 0 fully saturated rings. The Morgan fingerprint density at radius 2 is 1.60 bits per heavy atom. The summed E-state index contributed by atoms with van der Waals surface area (Å²) in [5.74, 6) is 0. The number of nitrogens with two attached hydrogens (primary N) is 1. The molecular formula is C17H18N2O. The van der Waals surface area contributed by atoms with Crippen LogP contribution in [0.1, 0.15) is 16.7 Å². The molecule has 0 radical (unpaired) electrons. The Morgan fingerprint density at radius 1 is 0.900 bits per heavy atom. The van der Waals surface area contributed by atoms with Gasteiger partial charge in [-0.05, 0) is 34.2 Å². The largest absolute Gasteiger partial charge is 0.392 e. The zero-order valence-corrected chi connectivity index (χ0v) is 11.3. The normalized spacial score (nSPS) is 11.1. The molecule has 0 saturated heterocycles. The summed E-state index contributed by atoms with van der Waals surface area (Å²) in [6, 6.07) is 16.5. The van der Waals surface area contributed by atoms with Crippen LogP contribution in [0, 0.1) is 0 Å². The van der Waals surface area contributed by atoms with Gasteiger partial charge in [-0.3, -0.25) is 0 Å². The fraction of sp³-hybridized carbons (Fsp3) is 0.176. The highest BCUT2D eigenvalue weighted by Crippen LogP contribution is 2.19. The van der Waals surface area contributed by atoms with Crippen LogP contribution in [0.15, 0.2) is 54.7 Å². The van der Waals surface area contributed by atoms with Crippen LogP contribution in [0.4, 0.5) is 0 Å². The van der Waals surface area contributed by atoms with Gasteiger partial charge in [-0.1, -0.05) is 36.4 Å². The number of hydrogen-bond donors (Lipinski definition) is 2. The summed E-state index contributed by atoms with van der Waals surface area (Å²) >= 11 is 0. The second-order valence-corrected chi connectivity index (χ2v) is 5.02. The Labute approximate surface area is 118 Å². The maximum Gasteiger partial charge on any atom is 0.0681 e. The third kappa shape index (κ3) is 2.46. The summed E-state index contributed by atoms with van der Waals surface area (Å²) in [6.07, 6.45) is 2.10. The lowest BCUT2D eigenvalue weighted by Gasteiger charge is -2.07. The van der Waals surface area contributed by atoms with Crippen LogP contribution in [0.5, 0.6) is 0 Å². The van der Waals surface area contributed by atoms with Gasteiger partial charge in [-0.15, -0.1) is 0 Å². The number of aliphatic hydroxyl groups is 1. The Balaban J connectivity index is 1.93. The molecule has 0 saturated carbocycles. The van der Waals surface area contributed by atoms with E-state index in [-0.39, 0.29) is 6.61 Å². The molecule has 0 bridgehead atoms. The Kier molecular flexibility index (Phi) is 3.54. The summed E-state index contributed by atoms with van der Waals surface area (Å²) in [6.45, 7) is 1.47. The summed E-state index contributed by atoms with van der Waals surface area (Å²) in [5.41, 5.74) is 10.2. The summed E-state index contributed by atoms with van der Waals surface area (Å²) in [4.78, 5) is 0. The maximum atomic E-state index is 9.07. The van der Waals surface area contributed by atoms with Crippen molar-refractivity contribution in [3.8, 4) is 0 Å². The first-order valence-corrected chi connectivity index (χ1v) is 6.76. The van der Waals surface area contributed by atoms with Gasteiger partial charge in [0.15, 0.2) is 0 Å². The number of aliphatic hydroxyl groups excluding tert-OH is 1. The van der Waals surface area contributed by atoms with Crippen molar-refractivity contribution in [2.75, 3.05) is 0 Å². The molecule has 3 N–H and O–H groups in total. The standard InChI is InChI=1S/C17H18N2O/c18-10-15-5-6-16-7-8-19(17(16)9-15)11-13-1-3-14(12-20)4-2-13/h1-9,20H,10-12,18H2. The molecule has 102 valence electrons. The van der Waals surface area contributed by atoms with Crippen LogP contribution < -0.4 is 5.73 Å². The summed E-state index contributed by atoms with van der Waals surface area (Å²) < 4.78 is 2.22. The molecule has 0 aliphatic carbocycles. The van der Waals surface area contributed by atoms with Crippen LogP contribution in [0.3, 0.4) is 0 Å². The van der Waals surface area contributed by atoms with Crippen LogP contribution >= 0.6 is 0 Å². The average Bonchev–Trinajstić information content (AvgIpc) is 2.90. The number of rotatable bonds is 4. The van der Waals surface area contributed by atoms with Crippen molar-refractivity contribution in [1.29, 1.82) is 0 Å². The minimum absolute atomic E-state index is 0.0899. The summed E-state index contributed by atoms with van der Waals surface area (Å²) in [7, 11) is 0. The Bertz CT molecular complexity index is 713. The molecule has 2 aromatic carbocycles. The van der Waals surface area contributed by atoms with Gasteiger partial charge in [0.1, 0.15) is 0 Å². The Hall–Kier alpha value is -2.10. The highest BCUT2D eigenvalue weighted by atomic mass is 16.3. The topological polar surface area (TPSA) is 51.2 Å². The van der Waals surface area contributed by atoms with Crippen molar-refractivity contribution in [1.82, 2.24) is 4.57 Å². The van der Waals surface area contributed by atoms with Crippen molar-refractivity contribution in [3.63, 3.8) is 0 Å². The molecule has 3 aromatic rings. The van der Waals surface area contributed by atoms with Gasteiger partial charge < -0.3 is 15.4 Å². The van der Waals surface area contributed by atoms with E-state index in [4.69, 9.17) is 10.8 Å². The second kappa shape index (κ2) is 5.49. The van der Waals surface area contributed by atoms with E-state index in [0.717, 1.165) is 17.7 Å². The van der Waals surface area contributed by atoms with Gasteiger partial charge in [0.05, 0.1) is 6.61 Å². The van der Waals surface area contributed by atoms with Gasteiger partial charge in [0, 0.05) is 24.8 Å². The van der Waals surface area contributed by atoms with E-state index in [1.165, 1.54) is 16.5 Å². The minimum Gasteiger partial charge on any atom is -0.392 e. The van der Waals surface area contributed by atoms with E-state index in [1.54, 1.807) is 0 Å². The number of fused-ring (bicyclic) bond motifs is 1. The minimum atomic E-state index is 0.0899. The molecule has 0 amide bonds. The summed E-state index contributed by atoms with van der Waals surface area (Å²) in [5, 5.41) is 10.3. The molecule has 3 rings (SSSR count). The Morgan fingerprint density at radius 3 is 2.30 bits per heavy atom. The molecule has 0 atom stereocenters. The first-order chi connectivity index (χ1) is 9.80. The van der Waals surface area contributed by atoms with Gasteiger partial charge in [0.2, 0.25) is 0 Å². The van der Waals surface area contributed by atoms with Crippen molar-refractivity contribution in [2.45, 2.75) is 19.7 Å². The zero-order chi connectivity index (χ0) is 13.9. The third-order valence-corrected chi connectivity index (χ3v) is 3.63. The lowest BCUT2D eigenvalue weighted by molar-refractivity contribution is 0.282. The van der Waals surface area contributed by atoms with Gasteiger partial charge in [-0.25, -0.2) is 0 Å². The quantitative estimate of drug-likeness (QED) is 0.762.